The highest BCUT2D eigenvalue weighted by Crippen LogP contribution is 2.23. The van der Waals surface area contributed by atoms with Gasteiger partial charge in [-0.15, -0.1) is 6.58 Å². The van der Waals surface area contributed by atoms with Crippen LogP contribution in [0.3, 0.4) is 0 Å². The van der Waals surface area contributed by atoms with Gasteiger partial charge in [-0.2, -0.15) is 4.31 Å². The summed E-state index contributed by atoms with van der Waals surface area (Å²) in [6.07, 6.45) is 1.48. The number of rotatable bonds is 6. The molecule has 0 heterocycles. The fourth-order valence-corrected chi connectivity index (χ4v) is 3.27. The van der Waals surface area contributed by atoms with Gasteiger partial charge in [0, 0.05) is 18.8 Å². The minimum absolute atomic E-state index is 0.0303. The third-order valence-electron chi connectivity index (χ3n) is 2.63. The summed E-state index contributed by atoms with van der Waals surface area (Å²) in [5.41, 5.74) is 6.66. The van der Waals surface area contributed by atoms with Crippen molar-refractivity contribution in [1.82, 2.24) is 4.31 Å². The fourth-order valence-electron chi connectivity index (χ4n) is 1.62. The number of nitrogens with zero attached hydrogens (tertiary/aromatic N) is 1. The molecule has 0 aliphatic carbocycles. The Labute approximate surface area is 108 Å². The largest absolute Gasteiger partial charge is 0.398 e. The quantitative estimate of drug-likeness (QED) is 0.590. The number of sulfonamides is 1. The van der Waals surface area contributed by atoms with Crippen molar-refractivity contribution in [3.05, 3.63) is 36.4 Å². The van der Waals surface area contributed by atoms with E-state index in [9.17, 15) is 8.42 Å². The highest BCUT2D eigenvalue weighted by molar-refractivity contribution is 7.89. The third kappa shape index (κ3) is 2.90. The molecule has 100 valence electrons. The molecule has 1 rings (SSSR count). The third-order valence-corrected chi connectivity index (χ3v) is 4.64. The van der Waals surface area contributed by atoms with Crippen molar-refractivity contribution in [2.45, 2.75) is 11.8 Å². The molecule has 0 bridgehead atoms. The van der Waals surface area contributed by atoms with Gasteiger partial charge in [0.25, 0.3) is 0 Å². The van der Waals surface area contributed by atoms with E-state index in [1.54, 1.807) is 19.1 Å². The van der Waals surface area contributed by atoms with Gasteiger partial charge in [0.1, 0.15) is 0 Å². The zero-order chi connectivity index (χ0) is 13.8. The van der Waals surface area contributed by atoms with Crippen molar-refractivity contribution in [2.24, 2.45) is 0 Å². The lowest BCUT2D eigenvalue weighted by Crippen LogP contribution is -2.34. The normalized spacial score (nSPS) is 11.7. The molecule has 0 atom stereocenters. The highest BCUT2D eigenvalue weighted by Gasteiger charge is 2.25. The van der Waals surface area contributed by atoms with Crippen LogP contribution in [0, 0.1) is 6.92 Å². The van der Waals surface area contributed by atoms with Crippen LogP contribution in [-0.2, 0) is 10.0 Å². The first kappa shape index (κ1) is 14.7. The van der Waals surface area contributed by atoms with Gasteiger partial charge in [-0.1, -0.05) is 12.1 Å². The highest BCUT2D eigenvalue weighted by atomic mass is 32.2. The van der Waals surface area contributed by atoms with Gasteiger partial charge in [0.15, 0.2) is 0 Å². The Kier molecular flexibility index (Phi) is 4.89. The summed E-state index contributed by atoms with van der Waals surface area (Å²) < 4.78 is 26.0. The molecular formula is C12H18N2O3S. The summed E-state index contributed by atoms with van der Waals surface area (Å²) >= 11 is 0. The maximum atomic E-state index is 12.4. The molecule has 0 unspecified atom stereocenters. The van der Waals surface area contributed by atoms with Crippen LogP contribution in [0.25, 0.3) is 0 Å². The number of aliphatic hydroxyl groups is 1. The fraction of sp³-hybridized carbons (Fsp3) is 0.333. The van der Waals surface area contributed by atoms with Crippen LogP contribution in [0.2, 0.25) is 0 Å². The minimum atomic E-state index is -3.66. The molecule has 6 heteroatoms. The molecule has 0 amide bonds. The SMILES string of the molecule is C=CCN(CCO)S(=O)(=O)c1cccc(N)c1C. The van der Waals surface area contributed by atoms with Gasteiger partial charge in [0.05, 0.1) is 11.5 Å². The van der Waals surface area contributed by atoms with E-state index in [0.29, 0.717) is 11.3 Å². The van der Waals surface area contributed by atoms with E-state index in [2.05, 4.69) is 6.58 Å². The predicted octanol–water partition coefficient (Wildman–Crippen LogP) is 0.746. The summed E-state index contributed by atoms with van der Waals surface area (Å²) in [4.78, 5) is 0.165. The van der Waals surface area contributed by atoms with E-state index in [-0.39, 0.29) is 24.6 Å². The van der Waals surface area contributed by atoms with Crippen LogP contribution in [0.15, 0.2) is 35.7 Å². The molecule has 18 heavy (non-hydrogen) atoms. The van der Waals surface area contributed by atoms with Crippen LogP contribution >= 0.6 is 0 Å². The Bertz CT molecular complexity index is 526. The van der Waals surface area contributed by atoms with Crippen LogP contribution < -0.4 is 5.73 Å². The van der Waals surface area contributed by atoms with Crippen molar-refractivity contribution in [3.8, 4) is 0 Å². The Balaban J connectivity index is 3.26. The lowest BCUT2D eigenvalue weighted by Gasteiger charge is -2.21. The lowest BCUT2D eigenvalue weighted by atomic mass is 10.2. The number of hydrogen-bond donors (Lipinski definition) is 2. The smallest absolute Gasteiger partial charge is 0.243 e. The molecule has 0 radical (unpaired) electrons. The summed E-state index contributed by atoms with van der Waals surface area (Å²) in [6.45, 7) is 5.12. The summed E-state index contributed by atoms with van der Waals surface area (Å²) in [7, 11) is -3.66. The van der Waals surface area contributed by atoms with Gasteiger partial charge in [-0.3, -0.25) is 0 Å². The molecular weight excluding hydrogens is 252 g/mol. The van der Waals surface area contributed by atoms with Crippen LogP contribution in [0.5, 0.6) is 0 Å². The predicted molar refractivity (Wildman–Crippen MR) is 71.6 cm³/mol. The van der Waals surface area contributed by atoms with Crippen molar-refractivity contribution < 1.29 is 13.5 Å². The Morgan fingerprint density at radius 1 is 1.50 bits per heavy atom. The van der Waals surface area contributed by atoms with Crippen LogP contribution in [0.1, 0.15) is 5.56 Å². The number of aliphatic hydroxyl groups excluding tert-OH is 1. The second-order valence-corrected chi connectivity index (χ2v) is 5.75. The number of anilines is 1. The molecule has 0 saturated carbocycles. The minimum Gasteiger partial charge on any atom is -0.398 e. The summed E-state index contributed by atoms with van der Waals surface area (Å²) in [5.74, 6) is 0. The van der Waals surface area contributed by atoms with Gasteiger partial charge < -0.3 is 10.8 Å². The van der Waals surface area contributed by atoms with E-state index >= 15 is 0 Å². The lowest BCUT2D eigenvalue weighted by molar-refractivity contribution is 0.260. The first-order valence-electron chi connectivity index (χ1n) is 5.52. The average Bonchev–Trinajstić information content (AvgIpc) is 2.32. The Morgan fingerprint density at radius 2 is 2.17 bits per heavy atom. The zero-order valence-electron chi connectivity index (χ0n) is 10.3. The zero-order valence-corrected chi connectivity index (χ0v) is 11.2. The molecule has 0 aromatic heterocycles. The van der Waals surface area contributed by atoms with Crippen molar-refractivity contribution in [3.63, 3.8) is 0 Å². The van der Waals surface area contributed by atoms with Gasteiger partial charge in [-0.05, 0) is 24.6 Å². The van der Waals surface area contributed by atoms with Crippen molar-refractivity contribution in [2.75, 3.05) is 25.4 Å². The van der Waals surface area contributed by atoms with Gasteiger partial charge in [-0.25, -0.2) is 8.42 Å². The van der Waals surface area contributed by atoms with Gasteiger partial charge in [0.2, 0.25) is 10.0 Å². The molecule has 5 nitrogen and oxygen atoms in total. The molecule has 3 N–H and O–H groups in total. The van der Waals surface area contributed by atoms with E-state index in [0.717, 1.165) is 0 Å². The molecule has 0 aliphatic heterocycles. The van der Waals surface area contributed by atoms with E-state index in [1.807, 2.05) is 0 Å². The Hall–Kier alpha value is -1.37. The second kappa shape index (κ2) is 5.99. The van der Waals surface area contributed by atoms with Crippen molar-refractivity contribution in [1.29, 1.82) is 0 Å². The molecule has 0 spiro atoms. The topological polar surface area (TPSA) is 83.6 Å². The summed E-state index contributed by atoms with van der Waals surface area (Å²) in [6, 6.07) is 4.76. The van der Waals surface area contributed by atoms with E-state index in [1.165, 1.54) is 16.4 Å². The molecule has 0 fully saturated rings. The van der Waals surface area contributed by atoms with E-state index < -0.39 is 10.0 Å². The molecule has 1 aromatic carbocycles. The number of nitrogen functional groups attached to an aromatic ring is 1. The molecule has 1 aromatic rings. The monoisotopic (exact) mass is 270 g/mol. The number of benzene rings is 1. The van der Waals surface area contributed by atoms with E-state index in [4.69, 9.17) is 10.8 Å². The van der Waals surface area contributed by atoms with Crippen LogP contribution in [0.4, 0.5) is 5.69 Å². The Morgan fingerprint density at radius 3 is 2.72 bits per heavy atom. The van der Waals surface area contributed by atoms with Crippen molar-refractivity contribution >= 4 is 15.7 Å². The number of nitrogens with two attached hydrogens (primary N) is 1. The summed E-state index contributed by atoms with van der Waals surface area (Å²) in [5, 5.41) is 8.93. The first-order chi connectivity index (χ1) is 8.45. The molecule has 0 aliphatic rings. The molecule has 0 saturated heterocycles. The first-order valence-corrected chi connectivity index (χ1v) is 6.96. The number of hydrogen-bond acceptors (Lipinski definition) is 4. The maximum Gasteiger partial charge on any atom is 0.243 e. The average molecular weight is 270 g/mol. The standard InChI is InChI=1S/C12H18N2O3S/c1-3-7-14(8-9-15)18(16,17)12-6-4-5-11(13)10(12)2/h3-6,15H,1,7-9,13H2,2H3. The maximum absolute atomic E-state index is 12.4. The van der Waals surface area contributed by atoms with Crippen LogP contribution in [-0.4, -0.2) is 37.5 Å². The van der Waals surface area contributed by atoms with Gasteiger partial charge >= 0.3 is 0 Å². The second-order valence-electron chi connectivity index (χ2n) is 3.85.